The zero-order valence-electron chi connectivity index (χ0n) is 11.7. The number of carbonyl (C=O) groups excluding carboxylic acids is 2. The molecular formula is C12H14O11. The monoisotopic (exact) mass is 334 g/mol. The first-order valence-corrected chi connectivity index (χ1v) is 6.15. The summed E-state index contributed by atoms with van der Waals surface area (Å²) in [7, 11) is 0. The maximum Gasteiger partial charge on any atom is 0.375 e. The van der Waals surface area contributed by atoms with Crippen LogP contribution in [0.25, 0.3) is 0 Å². The van der Waals surface area contributed by atoms with Gasteiger partial charge in [0.05, 0.1) is 12.8 Å². The molecule has 4 N–H and O–H groups in total. The molecule has 0 amide bonds. The lowest BCUT2D eigenvalue weighted by molar-refractivity contribution is -0.185. The normalized spacial score (nSPS) is 12.7. The lowest BCUT2D eigenvalue weighted by atomic mass is 9.93. The minimum atomic E-state index is -2.74. The Hall–Kier alpha value is -2.98. The molecule has 128 valence electrons. The van der Waals surface area contributed by atoms with Gasteiger partial charge in [-0.25, -0.2) is 9.59 Å². The van der Waals surface area contributed by atoms with Crippen molar-refractivity contribution >= 4 is 35.6 Å². The molecule has 0 fully saturated rings. The van der Waals surface area contributed by atoms with Gasteiger partial charge in [-0.05, 0) is 0 Å². The molecule has 0 spiro atoms. The Kier molecular flexibility index (Phi) is 7.36. The van der Waals surface area contributed by atoms with Crippen molar-refractivity contribution in [2.24, 2.45) is 0 Å². The van der Waals surface area contributed by atoms with E-state index >= 15 is 0 Å². The zero-order valence-corrected chi connectivity index (χ0v) is 11.7. The van der Waals surface area contributed by atoms with Gasteiger partial charge in [0, 0.05) is 19.3 Å². The molecule has 0 saturated heterocycles. The molecule has 1 atom stereocenters. The van der Waals surface area contributed by atoms with Crippen LogP contribution in [0.2, 0.25) is 0 Å². The second-order valence-electron chi connectivity index (χ2n) is 4.47. The van der Waals surface area contributed by atoms with Crippen molar-refractivity contribution in [3.05, 3.63) is 0 Å². The van der Waals surface area contributed by atoms with Crippen molar-refractivity contribution in [3.8, 4) is 0 Å². The fourth-order valence-corrected chi connectivity index (χ4v) is 1.51. The zero-order chi connectivity index (χ0) is 18.2. The Bertz CT molecular complexity index is 535. The molecule has 11 nitrogen and oxygen atoms in total. The molecule has 0 aromatic carbocycles. The molecule has 0 aliphatic rings. The van der Waals surface area contributed by atoms with Gasteiger partial charge in [-0.3, -0.25) is 19.2 Å². The van der Waals surface area contributed by atoms with E-state index in [-0.39, 0.29) is 0 Å². The van der Waals surface area contributed by atoms with E-state index in [1.54, 1.807) is 0 Å². The van der Waals surface area contributed by atoms with E-state index < -0.39 is 73.3 Å². The second-order valence-corrected chi connectivity index (χ2v) is 4.47. The largest absolute Gasteiger partial charge is 0.481 e. The molecule has 0 heterocycles. The average Bonchev–Trinajstić information content (AvgIpc) is 2.40. The number of carboxylic acid groups (broad SMARTS) is 4. The number of esters is 1. The molecule has 0 aliphatic heterocycles. The lowest BCUT2D eigenvalue weighted by Gasteiger charge is -2.26. The van der Waals surface area contributed by atoms with Crippen molar-refractivity contribution in [1.29, 1.82) is 0 Å². The fraction of sp³-hybridized carbons (Fsp3) is 0.500. The molecule has 11 heteroatoms. The summed E-state index contributed by atoms with van der Waals surface area (Å²) >= 11 is 0. The number of aliphatic carboxylic acids is 4. The van der Waals surface area contributed by atoms with Crippen LogP contribution in [0.5, 0.6) is 0 Å². The highest BCUT2D eigenvalue weighted by Gasteiger charge is 2.46. The van der Waals surface area contributed by atoms with Crippen LogP contribution in [0.1, 0.15) is 32.1 Å². The van der Waals surface area contributed by atoms with Gasteiger partial charge < -0.3 is 25.2 Å². The third-order valence-electron chi connectivity index (χ3n) is 2.65. The quantitative estimate of drug-likeness (QED) is 0.271. The smallest absolute Gasteiger partial charge is 0.375 e. The first kappa shape index (κ1) is 20.0. The molecule has 0 radical (unpaired) electrons. The van der Waals surface area contributed by atoms with Crippen molar-refractivity contribution < 1.29 is 53.9 Å². The van der Waals surface area contributed by atoms with Gasteiger partial charge >= 0.3 is 29.8 Å². The summed E-state index contributed by atoms with van der Waals surface area (Å²) in [6.07, 6.45) is -4.43. The number of Topliss-reactive ketones (excluding diaryl/α,β-unsaturated/α-hetero) is 1. The topological polar surface area (TPSA) is 193 Å². The van der Waals surface area contributed by atoms with E-state index in [2.05, 4.69) is 4.74 Å². The number of carboxylic acids is 4. The SMILES string of the molecule is O=C(O)CCC(=O)C(=O)OC(CCC(=O)O)(CC(=O)O)C(=O)O. The summed E-state index contributed by atoms with van der Waals surface area (Å²) in [5.41, 5.74) is -2.74. The van der Waals surface area contributed by atoms with Gasteiger partial charge in [-0.15, -0.1) is 0 Å². The third kappa shape index (κ3) is 7.02. The van der Waals surface area contributed by atoms with Crippen molar-refractivity contribution in [2.75, 3.05) is 0 Å². The Labute approximate surface area is 128 Å². The lowest BCUT2D eigenvalue weighted by Crippen LogP contribution is -2.47. The molecule has 0 aliphatic carbocycles. The summed E-state index contributed by atoms with van der Waals surface area (Å²) in [5.74, 6) is -9.57. The summed E-state index contributed by atoms with van der Waals surface area (Å²) < 4.78 is 4.43. The predicted molar refractivity (Wildman–Crippen MR) is 67.5 cm³/mol. The van der Waals surface area contributed by atoms with Crippen LogP contribution in [-0.2, 0) is 33.5 Å². The van der Waals surface area contributed by atoms with E-state index in [0.717, 1.165) is 0 Å². The van der Waals surface area contributed by atoms with E-state index in [4.69, 9.17) is 20.4 Å². The highest BCUT2D eigenvalue weighted by Crippen LogP contribution is 2.24. The molecule has 0 rings (SSSR count). The predicted octanol–water partition coefficient (Wildman–Crippen LogP) is -0.874. The first-order valence-electron chi connectivity index (χ1n) is 6.15. The number of ketones is 1. The summed E-state index contributed by atoms with van der Waals surface area (Å²) in [5, 5.41) is 34.8. The standard InChI is InChI=1S/C12H14O11/c13-6(1-2-7(14)15)10(20)23-12(11(21)22,5-9(18)19)4-3-8(16)17/h1-5H2,(H,14,15)(H,16,17)(H,18,19)(H,21,22). The van der Waals surface area contributed by atoms with E-state index in [0.29, 0.717) is 0 Å². The minimum absolute atomic E-state index is 0.706. The molecule has 23 heavy (non-hydrogen) atoms. The second kappa shape index (κ2) is 8.46. The van der Waals surface area contributed by atoms with Crippen LogP contribution in [0.15, 0.2) is 0 Å². The van der Waals surface area contributed by atoms with Gasteiger partial charge in [-0.1, -0.05) is 0 Å². The van der Waals surface area contributed by atoms with Crippen molar-refractivity contribution in [2.45, 2.75) is 37.7 Å². The van der Waals surface area contributed by atoms with E-state index in [1.165, 1.54) is 0 Å². The fourth-order valence-electron chi connectivity index (χ4n) is 1.51. The van der Waals surface area contributed by atoms with Gasteiger partial charge in [0.1, 0.15) is 0 Å². The van der Waals surface area contributed by atoms with E-state index in [1.807, 2.05) is 0 Å². The van der Waals surface area contributed by atoms with Gasteiger partial charge in [0.25, 0.3) is 0 Å². The number of ether oxygens (including phenoxy) is 1. The number of hydrogen-bond donors (Lipinski definition) is 4. The Balaban J connectivity index is 5.25. The Morgan fingerprint density at radius 3 is 1.65 bits per heavy atom. The molecule has 0 saturated carbocycles. The Morgan fingerprint density at radius 2 is 1.26 bits per heavy atom. The maximum absolute atomic E-state index is 11.5. The third-order valence-corrected chi connectivity index (χ3v) is 2.65. The molecule has 0 bridgehead atoms. The maximum atomic E-state index is 11.5. The number of hydrogen-bond acceptors (Lipinski definition) is 7. The Morgan fingerprint density at radius 1 is 0.739 bits per heavy atom. The van der Waals surface area contributed by atoms with Crippen LogP contribution in [0.4, 0.5) is 0 Å². The highest BCUT2D eigenvalue weighted by molar-refractivity contribution is 6.34. The van der Waals surface area contributed by atoms with Crippen LogP contribution < -0.4 is 0 Å². The van der Waals surface area contributed by atoms with E-state index in [9.17, 15) is 28.8 Å². The summed E-state index contributed by atoms with van der Waals surface area (Å²) in [6, 6.07) is 0. The number of carbonyl (C=O) groups is 6. The van der Waals surface area contributed by atoms with Gasteiger partial charge in [-0.2, -0.15) is 0 Å². The van der Waals surface area contributed by atoms with Crippen LogP contribution in [-0.4, -0.2) is 61.7 Å². The molecule has 0 aromatic rings. The molecule has 1 unspecified atom stereocenters. The van der Waals surface area contributed by atoms with Gasteiger partial charge in [0.2, 0.25) is 11.4 Å². The first-order chi connectivity index (χ1) is 10.5. The highest BCUT2D eigenvalue weighted by atomic mass is 16.6. The van der Waals surface area contributed by atoms with Crippen LogP contribution >= 0.6 is 0 Å². The average molecular weight is 334 g/mol. The number of rotatable bonds is 11. The van der Waals surface area contributed by atoms with Crippen LogP contribution in [0.3, 0.4) is 0 Å². The van der Waals surface area contributed by atoms with Crippen molar-refractivity contribution in [1.82, 2.24) is 0 Å². The minimum Gasteiger partial charge on any atom is -0.481 e. The summed E-state index contributed by atoms with van der Waals surface area (Å²) in [4.78, 5) is 65.8. The van der Waals surface area contributed by atoms with Crippen LogP contribution in [0, 0.1) is 0 Å². The van der Waals surface area contributed by atoms with Crippen molar-refractivity contribution in [3.63, 3.8) is 0 Å². The molecular weight excluding hydrogens is 320 g/mol. The van der Waals surface area contributed by atoms with Gasteiger partial charge in [0.15, 0.2) is 0 Å². The molecule has 0 aromatic heterocycles. The summed E-state index contributed by atoms with van der Waals surface area (Å²) in [6.45, 7) is 0.